The lowest BCUT2D eigenvalue weighted by Crippen LogP contribution is -2.40. The summed E-state index contributed by atoms with van der Waals surface area (Å²) in [5.41, 5.74) is 9.45. The molecular formula is C14H18N4O2S. The number of fused-ring (bicyclic) bond motifs is 2. The normalized spacial score (nSPS) is 28.5. The minimum absolute atomic E-state index is 0.0557. The molecule has 0 N–H and O–H groups in total. The molecule has 0 aromatic heterocycles. The van der Waals surface area contributed by atoms with Gasteiger partial charge in [-0.15, -0.1) is 0 Å². The van der Waals surface area contributed by atoms with Crippen LogP contribution in [-0.2, 0) is 10.0 Å². The summed E-state index contributed by atoms with van der Waals surface area (Å²) in [6.45, 7) is 2.97. The third kappa shape index (κ3) is 2.52. The third-order valence-electron chi connectivity index (χ3n) is 4.65. The van der Waals surface area contributed by atoms with E-state index in [4.69, 9.17) is 5.53 Å². The van der Waals surface area contributed by atoms with Gasteiger partial charge >= 0.3 is 0 Å². The zero-order chi connectivity index (χ0) is 15.0. The molecule has 1 aromatic carbocycles. The van der Waals surface area contributed by atoms with Gasteiger partial charge in [0.1, 0.15) is 0 Å². The van der Waals surface area contributed by atoms with Crippen molar-refractivity contribution in [2.75, 3.05) is 13.1 Å². The molecule has 2 bridgehead atoms. The summed E-state index contributed by atoms with van der Waals surface area (Å²) in [5, 5.41) is 3.64. The molecule has 1 saturated carbocycles. The fourth-order valence-corrected chi connectivity index (χ4v) is 5.23. The Morgan fingerprint density at radius 1 is 1.33 bits per heavy atom. The van der Waals surface area contributed by atoms with Crippen LogP contribution in [0.3, 0.4) is 0 Å². The van der Waals surface area contributed by atoms with E-state index in [1.165, 1.54) is 0 Å². The van der Waals surface area contributed by atoms with Gasteiger partial charge in [0, 0.05) is 24.0 Å². The fourth-order valence-electron chi connectivity index (χ4n) is 3.52. The molecule has 0 spiro atoms. The lowest BCUT2D eigenvalue weighted by molar-refractivity contribution is 0.267. The Kier molecular flexibility index (Phi) is 3.65. The van der Waals surface area contributed by atoms with Gasteiger partial charge in [0.2, 0.25) is 10.0 Å². The van der Waals surface area contributed by atoms with Crippen molar-refractivity contribution in [3.05, 3.63) is 40.3 Å². The summed E-state index contributed by atoms with van der Waals surface area (Å²) in [5.74, 6) is 0.649. The van der Waals surface area contributed by atoms with Gasteiger partial charge < -0.3 is 0 Å². The van der Waals surface area contributed by atoms with Crippen LogP contribution in [0.5, 0.6) is 0 Å². The smallest absolute Gasteiger partial charge is 0.207 e. The van der Waals surface area contributed by atoms with Crippen molar-refractivity contribution in [3.8, 4) is 0 Å². The van der Waals surface area contributed by atoms with Crippen LogP contribution < -0.4 is 0 Å². The van der Waals surface area contributed by atoms with Gasteiger partial charge in [-0.25, -0.2) is 8.42 Å². The lowest BCUT2D eigenvalue weighted by atomic mass is 9.96. The van der Waals surface area contributed by atoms with E-state index in [0.717, 1.165) is 18.4 Å². The average molecular weight is 306 g/mol. The van der Waals surface area contributed by atoms with Gasteiger partial charge in [-0.3, -0.25) is 0 Å². The predicted molar refractivity (Wildman–Crippen MR) is 79.1 cm³/mol. The summed E-state index contributed by atoms with van der Waals surface area (Å²) in [7, 11) is -3.40. The Hall–Kier alpha value is -1.56. The SMILES string of the molecule is Cc1ccc(S(=O)(=O)N2C[C@H]3C[C@@H]2CC3CN=[N+]=[N-])cc1. The highest BCUT2D eigenvalue weighted by Crippen LogP contribution is 2.44. The number of hydrogen-bond donors (Lipinski definition) is 0. The number of sulfonamides is 1. The molecule has 112 valence electrons. The van der Waals surface area contributed by atoms with Crippen LogP contribution in [0.1, 0.15) is 18.4 Å². The van der Waals surface area contributed by atoms with Crippen molar-refractivity contribution in [1.29, 1.82) is 0 Å². The Bertz CT molecular complexity index is 679. The largest absolute Gasteiger partial charge is 0.243 e. The van der Waals surface area contributed by atoms with Crippen molar-refractivity contribution in [2.24, 2.45) is 17.0 Å². The first-order chi connectivity index (χ1) is 10.0. The minimum atomic E-state index is -3.40. The quantitative estimate of drug-likeness (QED) is 0.486. The predicted octanol–water partition coefficient (Wildman–Crippen LogP) is 2.70. The standard InChI is InChI=1S/C14H18N4O2S/c1-10-2-4-14(5-3-10)21(19,20)18-9-12-7-13(18)6-11(12)8-16-17-15/h2-5,11-13H,6-9H2,1H3/t11?,12-,13+/m1/s1. The first kappa shape index (κ1) is 14.4. The molecule has 1 unspecified atom stereocenters. The maximum absolute atomic E-state index is 12.7. The van der Waals surface area contributed by atoms with Crippen LogP contribution >= 0.6 is 0 Å². The number of azide groups is 1. The van der Waals surface area contributed by atoms with Crippen LogP contribution in [0.2, 0.25) is 0 Å². The van der Waals surface area contributed by atoms with Crippen molar-refractivity contribution in [2.45, 2.75) is 30.7 Å². The van der Waals surface area contributed by atoms with E-state index in [-0.39, 0.29) is 6.04 Å². The summed E-state index contributed by atoms with van der Waals surface area (Å²) < 4.78 is 27.0. The molecule has 7 heteroatoms. The molecule has 1 aromatic rings. The second kappa shape index (κ2) is 5.33. The molecular weight excluding hydrogens is 288 g/mol. The molecule has 1 aliphatic carbocycles. The topological polar surface area (TPSA) is 86.1 Å². The maximum Gasteiger partial charge on any atom is 0.243 e. The van der Waals surface area contributed by atoms with Crippen LogP contribution in [-0.4, -0.2) is 31.9 Å². The summed E-state index contributed by atoms with van der Waals surface area (Å²) in [6, 6.07) is 7.06. The van der Waals surface area contributed by atoms with E-state index in [0.29, 0.717) is 29.8 Å². The monoisotopic (exact) mass is 306 g/mol. The Morgan fingerprint density at radius 2 is 2.05 bits per heavy atom. The van der Waals surface area contributed by atoms with E-state index in [1.807, 2.05) is 19.1 Å². The number of benzene rings is 1. The Balaban J connectivity index is 1.78. The highest BCUT2D eigenvalue weighted by atomic mass is 32.2. The second-order valence-electron chi connectivity index (χ2n) is 5.95. The molecule has 2 fully saturated rings. The first-order valence-electron chi connectivity index (χ1n) is 7.11. The molecule has 1 aliphatic heterocycles. The van der Waals surface area contributed by atoms with Crippen molar-refractivity contribution < 1.29 is 8.42 Å². The van der Waals surface area contributed by atoms with E-state index >= 15 is 0 Å². The maximum atomic E-state index is 12.7. The number of piperidine rings is 1. The van der Waals surface area contributed by atoms with E-state index in [2.05, 4.69) is 10.0 Å². The first-order valence-corrected chi connectivity index (χ1v) is 8.55. The Labute approximate surface area is 124 Å². The van der Waals surface area contributed by atoms with Crippen LogP contribution in [0, 0.1) is 18.8 Å². The minimum Gasteiger partial charge on any atom is -0.207 e. The molecule has 1 saturated heterocycles. The lowest BCUT2D eigenvalue weighted by Gasteiger charge is -2.30. The van der Waals surface area contributed by atoms with Gasteiger partial charge in [-0.1, -0.05) is 22.8 Å². The van der Waals surface area contributed by atoms with Crippen LogP contribution in [0.4, 0.5) is 0 Å². The number of hydrogen-bond acceptors (Lipinski definition) is 3. The van der Waals surface area contributed by atoms with Crippen LogP contribution in [0.15, 0.2) is 34.3 Å². The number of nitrogens with zero attached hydrogens (tertiary/aromatic N) is 4. The summed E-state index contributed by atoms with van der Waals surface area (Å²) >= 11 is 0. The molecule has 21 heavy (non-hydrogen) atoms. The molecule has 3 atom stereocenters. The summed E-state index contributed by atoms with van der Waals surface area (Å²) in [4.78, 5) is 3.17. The molecule has 2 aliphatic rings. The Morgan fingerprint density at radius 3 is 2.62 bits per heavy atom. The van der Waals surface area contributed by atoms with Crippen molar-refractivity contribution in [3.63, 3.8) is 0 Å². The molecule has 0 radical (unpaired) electrons. The molecule has 1 heterocycles. The zero-order valence-electron chi connectivity index (χ0n) is 11.9. The number of rotatable bonds is 4. The van der Waals surface area contributed by atoms with Gasteiger partial charge in [0.15, 0.2) is 0 Å². The van der Waals surface area contributed by atoms with Gasteiger partial charge in [0.25, 0.3) is 0 Å². The highest BCUT2D eigenvalue weighted by molar-refractivity contribution is 7.89. The van der Waals surface area contributed by atoms with Gasteiger partial charge in [-0.2, -0.15) is 4.31 Å². The van der Waals surface area contributed by atoms with E-state index in [1.54, 1.807) is 16.4 Å². The van der Waals surface area contributed by atoms with Crippen molar-refractivity contribution in [1.82, 2.24) is 4.31 Å². The average Bonchev–Trinajstić information content (AvgIpc) is 3.05. The molecule has 3 rings (SSSR count). The third-order valence-corrected chi connectivity index (χ3v) is 6.58. The van der Waals surface area contributed by atoms with E-state index < -0.39 is 10.0 Å². The van der Waals surface area contributed by atoms with Gasteiger partial charge in [-0.05, 0) is 49.3 Å². The van der Waals surface area contributed by atoms with Crippen LogP contribution in [0.25, 0.3) is 10.4 Å². The molecule has 6 nitrogen and oxygen atoms in total. The zero-order valence-corrected chi connectivity index (χ0v) is 12.7. The van der Waals surface area contributed by atoms with Crippen molar-refractivity contribution >= 4 is 10.0 Å². The fraction of sp³-hybridized carbons (Fsp3) is 0.571. The molecule has 0 amide bonds. The summed E-state index contributed by atoms with van der Waals surface area (Å²) in [6.07, 6.45) is 1.69. The number of aryl methyl sites for hydroxylation is 1. The highest BCUT2D eigenvalue weighted by Gasteiger charge is 2.48. The van der Waals surface area contributed by atoms with Gasteiger partial charge in [0.05, 0.1) is 4.90 Å². The van der Waals surface area contributed by atoms with E-state index in [9.17, 15) is 8.42 Å². The second-order valence-corrected chi connectivity index (χ2v) is 7.84.